The van der Waals surface area contributed by atoms with Crippen molar-refractivity contribution in [3.8, 4) is 29.8 Å². The van der Waals surface area contributed by atoms with Crippen LogP contribution in [0.1, 0.15) is 55.8 Å². The fourth-order valence-electron chi connectivity index (χ4n) is 5.31. The predicted molar refractivity (Wildman–Crippen MR) is 186 cm³/mol. The van der Waals surface area contributed by atoms with Crippen LogP contribution in [0.3, 0.4) is 0 Å². The normalized spacial score (nSPS) is 13.3. The van der Waals surface area contributed by atoms with Crippen LogP contribution in [0.5, 0.6) is 0 Å². The fraction of sp³-hybridized carbons (Fsp3) is 0.154. The standard InChI is InChI=1S/C20H16N2OS.C18H12N2O.CO2/c23-20-17-7-3-1-5-15(17)9-10-16-6-2-4-8-18(16)22(20)13-11-19-21-12-14-24-19;19-12-5-13-20-17-9-4-2-7-15(17)11-10-14-6-1-3-8-16(14)18(20)21;2-1-3/h1-8H,11-14H2;1-4,6-9H,5,13H2;. The Bertz CT molecular complexity index is 2090. The van der Waals surface area contributed by atoms with E-state index in [1.165, 1.54) is 0 Å². The zero-order valence-electron chi connectivity index (χ0n) is 25.8. The summed E-state index contributed by atoms with van der Waals surface area (Å²) in [4.78, 5) is 50.2. The lowest BCUT2D eigenvalue weighted by Crippen LogP contribution is -2.34. The molecule has 0 aromatic heterocycles. The summed E-state index contributed by atoms with van der Waals surface area (Å²) in [7, 11) is 0. The summed E-state index contributed by atoms with van der Waals surface area (Å²) in [5, 5.41) is 9.98. The second kappa shape index (κ2) is 16.4. The molecule has 7 rings (SSSR count). The maximum Gasteiger partial charge on any atom is 0.373 e. The molecule has 0 radical (unpaired) electrons. The van der Waals surface area contributed by atoms with E-state index in [1.54, 1.807) is 22.7 Å². The van der Waals surface area contributed by atoms with Crippen LogP contribution >= 0.6 is 11.8 Å². The fourth-order valence-corrected chi connectivity index (χ4v) is 6.15. The monoisotopic (exact) mass is 648 g/mol. The van der Waals surface area contributed by atoms with Gasteiger partial charge in [0, 0.05) is 54.1 Å². The maximum atomic E-state index is 13.2. The van der Waals surface area contributed by atoms with Gasteiger partial charge in [0.25, 0.3) is 11.8 Å². The second-order valence-electron chi connectivity index (χ2n) is 10.4. The first-order valence-electron chi connectivity index (χ1n) is 15.1. The topological polar surface area (TPSA) is 111 Å². The number of thioether (sulfide) groups is 1. The summed E-state index contributed by atoms with van der Waals surface area (Å²) < 4.78 is 0. The number of aliphatic imine (C=N–C) groups is 1. The highest BCUT2D eigenvalue weighted by atomic mass is 32.2. The third-order valence-corrected chi connectivity index (χ3v) is 8.56. The van der Waals surface area contributed by atoms with Gasteiger partial charge in [0.05, 0.1) is 40.0 Å². The predicted octanol–water partition coefficient (Wildman–Crippen LogP) is 5.96. The molecule has 2 amide bonds. The van der Waals surface area contributed by atoms with Gasteiger partial charge in [-0.05, 0) is 48.5 Å². The van der Waals surface area contributed by atoms with E-state index in [-0.39, 0.29) is 24.4 Å². The van der Waals surface area contributed by atoms with Crippen LogP contribution in [-0.4, -0.2) is 48.4 Å². The van der Waals surface area contributed by atoms with Crippen molar-refractivity contribution < 1.29 is 19.2 Å². The minimum absolute atomic E-state index is 0.00986. The molecule has 0 fully saturated rings. The van der Waals surface area contributed by atoms with Crippen LogP contribution < -0.4 is 9.80 Å². The van der Waals surface area contributed by atoms with Gasteiger partial charge in [-0.25, -0.2) is 0 Å². The zero-order chi connectivity index (χ0) is 33.7. The summed E-state index contributed by atoms with van der Waals surface area (Å²) in [6.45, 7) is 1.87. The highest BCUT2D eigenvalue weighted by molar-refractivity contribution is 8.14. The van der Waals surface area contributed by atoms with Gasteiger partial charge < -0.3 is 9.80 Å². The number of carbonyl (C=O) groups is 2. The number of anilines is 2. The van der Waals surface area contributed by atoms with Crippen LogP contribution in [0.4, 0.5) is 11.4 Å². The van der Waals surface area contributed by atoms with Crippen molar-refractivity contribution in [1.82, 2.24) is 0 Å². The molecule has 3 aliphatic heterocycles. The van der Waals surface area contributed by atoms with Crippen molar-refractivity contribution in [1.29, 1.82) is 5.26 Å². The van der Waals surface area contributed by atoms with E-state index >= 15 is 0 Å². The minimum Gasteiger partial charge on any atom is -0.307 e. The van der Waals surface area contributed by atoms with E-state index in [2.05, 4.69) is 34.7 Å². The SMILES string of the molecule is N#CCCN1C(=O)c2ccccc2C#Cc2ccccc21.O=C1c2ccccc2C#Cc2ccccc2N1CCC1=NCCS1.O=C=O. The van der Waals surface area contributed by atoms with Crippen molar-refractivity contribution >= 4 is 46.1 Å². The molecule has 4 aromatic rings. The van der Waals surface area contributed by atoms with Gasteiger partial charge >= 0.3 is 6.15 Å². The highest BCUT2D eigenvalue weighted by Gasteiger charge is 2.25. The van der Waals surface area contributed by atoms with E-state index < -0.39 is 0 Å². The number of amides is 2. The van der Waals surface area contributed by atoms with Gasteiger partial charge in [-0.15, -0.1) is 11.8 Å². The molecule has 0 saturated carbocycles. The van der Waals surface area contributed by atoms with Crippen molar-refractivity contribution in [2.45, 2.75) is 12.8 Å². The third kappa shape index (κ3) is 7.79. The maximum absolute atomic E-state index is 13.2. The molecule has 0 unspecified atom stereocenters. The quantitative estimate of drug-likeness (QED) is 0.247. The molecule has 0 bridgehead atoms. The van der Waals surface area contributed by atoms with Gasteiger partial charge in [0.2, 0.25) is 0 Å². The van der Waals surface area contributed by atoms with E-state index in [0.29, 0.717) is 24.2 Å². The number of nitrogens with zero attached hydrogens (tertiary/aromatic N) is 4. The van der Waals surface area contributed by atoms with Crippen molar-refractivity contribution in [2.24, 2.45) is 4.99 Å². The molecule has 3 aliphatic rings. The number of benzene rings is 4. The zero-order valence-corrected chi connectivity index (χ0v) is 26.6. The summed E-state index contributed by atoms with van der Waals surface area (Å²) in [5.41, 5.74) is 6.10. The Balaban J connectivity index is 0.000000175. The van der Waals surface area contributed by atoms with Gasteiger partial charge in [-0.2, -0.15) is 14.9 Å². The molecular formula is C39H28N4O4S. The second-order valence-corrected chi connectivity index (χ2v) is 11.6. The van der Waals surface area contributed by atoms with Gasteiger partial charge in [-0.1, -0.05) is 72.2 Å². The Hall–Kier alpha value is -6.17. The van der Waals surface area contributed by atoms with Crippen molar-refractivity contribution in [3.63, 3.8) is 0 Å². The number of rotatable bonds is 5. The Morgan fingerprint density at radius 3 is 1.58 bits per heavy atom. The first kappa shape index (κ1) is 33.2. The molecule has 0 spiro atoms. The molecule has 3 heterocycles. The lowest BCUT2D eigenvalue weighted by atomic mass is 10.0. The van der Waals surface area contributed by atoms with E-state index in [4.69, 9.17) is 14.9 Å². The number of fused-ring (bicyclic) bond motifs is 4. The average Bonchev–Trinajstić information content (AvgIpc) is 3.64. The Labute approximate surface area is 283 Å². The van der Waals surface area contributed by atoms with Crippen LogP contribution in [-0.2, 0) is 9.59 Å². The minimum atomic E-state index is -0.109. The van der Waals surface area contributed by atoms with Gasteiger partial charge in [0.15, 0.2) is 0 Å². The van der Waals surface area contributed by atoms with E-state index in [0.717, 1.165) is 57.4 Å². The lowest BCUT2D eigenvalue weighted by Gasteiger charge is -2.25. The summed E-state index contributed by atoms with van der Waals surface area (Å²) in [6.07, 6.45) is 1.33. The molecule has 48 heavy (non-hydrogen) atoms. The van der Waals surface area contributed by atoms with E-state index in [1.807, 2.05) is 95.9 Å². The van der Waals surface area contributed by atoms with Crippen LogP contribution in [0.2, 0.25) is 0 Å². The number of hydrogen-bond acceptors (Lipinski definition) is 7. The van der Waals surface area contributed by atoms with E-state index in [9.17, 15) is 9.59 Å². The number of carbonyl (C=O) groups excluding carboxylic acids is 4. The summed E-state index contributed by atoms with van der Waals surface area (Å²) in [5.74, 6) is 13.5. The van der Waals surface area contributed by atoms with Crippen LogP contribution in [0.15, 0.2) is 102 Å². The highest BCUT2D eigenvalue weighted by Crippen LogP contribution is 2.27. The smallest absolute Gasteiger partial charge is 0.307 e. The van der Waals surface area contributed by atoms with Gasteiger partial charge in [-0.3, -0.25) is 14.6 Å². The summed E-state index contributed by atoms with van der Waals surface area (Å²) >= 11 is 1.79. The molecular weight excluding hydrogens is 621 g/mol. The molecule has 234 valence electrons. The molecule has 8 nitrogen and oxygen atoms in total. The Morgan fingerprint density at radius 1 is 0.667 bits per heavy atom. The number of hydrogen-bond donors (Lipinski definition) is 0. The van der Waals surface area contributed by atoms with Crippen LogP contribution in [0, 0.1) is 35.0 Å². The molecule has 0 N–H and O–H groups in total. The largest absolute Gasteiger partial charge is 0.373 e. The summed E-state index contributed by atoms with van der Waals surface area (Å²) in [6, 6.07) is 32.4. The van der Waals surface area contributed by atoms with Gasteiger partial charge in [0.1, 0.15) is 0 Å². The number of para-hydroxylation sites is 2. The lowest BCUT2D eigenvalue weighted by molar-refractivity contribution is -0.191. The Kier molecular flexibility index (Phi) is 11.3. The first-order chi connectivity index (χ1) is 23.5. The molecule has 4 aromatic carbocycles. The number of nitriles is 1. The Morgan fingerprint density at radius 2 is 1.10 bits per heavy atom. The molecule has 0 saturated heterocycles. The molecule has 9 heteroatoms. The third-order valence-electron chi connectivity index (χ3n) is 7.50. The average molecular weight is 649 g/mol. The van der Waals surface area contributed by atoms with Crippen molar-refractivity contribution in [2.75, 3.05) is 35.2 Å². The molecule has 0 aliphatic carbocycles. The molecule has 0 atom stereocenters. The van der Waals surface area contributed by atoms with Crippen LogP contribution in [0.25, 0.3) is 0 Å². The van der Waals surface area contributed by atoms with Crippen molar-refractivity contribution in [3.05, 3.63) is 130 Å². The first-order valence-corrected chi connectivity index (χ1v) is 16.1.